The van der Waals surface area contributed by atoms with Gasteiger partial charge in [0.1, 0.15) is 17.1 Å². The van der Waals surface area contributed by atoms with E-state index in [1.807, 2.05) is 0 Å². The van der Waals surface area contributed by atoms with Crippen molar-refractivity contribution in [1.82, 2.24) is 9.97 Å². The second-order valence-corrected chi connectivity index (χ2v) is 9.37. The summed E-state index contributed by atoms with van der Waals surface area (Å²) in [7, 11) is -3.38. The van der Waals surface area contributed by atoms with Crippen LogP contribution in [0.2, 0.25) is 0 Å². The third-order valence-corrected chi connectivity index (χ3v) is 6.36. The first kappa shape index (κ1) is 22.5. The predicted octanol–water partition coefficient (Wildman–Crippen LogP) is 1.97. The number of carbonyl (C=O) groups is 2. The monoisotopic (exact) mass is 474 g/mol. The lowest BCUT2D eigenvalue weighted by molar-refractivity contribution is 0.0461. The van der Waals surface area contributed by atoms with Crippen LogP contribution < -0.4 is 10.0 Å². The number of benzene rings is 1. The van der Waals surface area contributed by atoms with E-state index in [0.717, 1.165) is 11.8 Å². The third-order valence-electron chi connectivity index (χ3n) is 5.18. The molecule has 0 saturated heterocycles. The van der Waals surface area contributed by atoms with E-state index in [1.54, 1.807) is 26.0 Å². The van der Waals surface area contributed by atoms with Gasteiger partial charge in [-0.3, -0.25) is 4.31 Å². The van der Waals surface area contributed by atoms with E-state index < -0.39 is 22.0 Å². The fourth-order valence-corrected chi connectivity index (χ4v) is 4.71. The van der Waals surface area contributed by atoms with Crippen molar-refractivity contribution in [3.05, 3.63) is 46.5 Å². The first-order valence-electron chi connectivity index (χ1n) is 10.1. The number of anilines is 2. The number of nitrogens with zero attached hydrogens (tertiary/aromatic N) is 3. The standard InChI is InChI=1S/C21H22N4O7S/c1-4-30-21(27)16-11(2)32-19-17(16)18(22)23-15(24-19)10-31-20(26)13-5-6-14-12(9-13)7-8-25(14)33(3,28)29/h5-6,9H,4,7-8,10H2,1-3H3,(H2,22,23,24). The molecule has 0 saturated carbocycles. The molecule has 2 aromatic heterocycles. The van der Waals surface area contributed by atoms with Gasteiger partial charge >= 0.3 is 11.9 Å². The Kier molecular flexibility index (Phi) is 5.70. The average Bonchev–Trinajstić information content (AvgIpc) is 3.32. The largest absolute Gasteiger partial charge is 0.462 e. The Bertz CT molecular complexity index is 1380. The Labute approximate surface area is 189 Å². The van der Waals surface area contributed by atoms with Gasteiger partial charge in [0.25, 0.3) is 0 Å². The molecule has 4 rings (SSSR count). The topological polar surface area (TPSA) is 155 Å². The molecule has 0 fully saturated rings. The van der Waals surface area contributed by atoms with E-state index in [4.69, 9.17) is 19.6 Å². The van der Waals surface area contributed by atoms with Gasteiger partial charge in [-0.25, -0.2) is 23.0 Å². The number of ether oxygens (including phenoxy) is 2. The zero-order valence-corrected chi connectivity index (χ0v) is 19.1. The van der Waals surface area contributed by atoms with Crippen LogP contribution in [0.3, 0.4) is 0 Å². The van der Waals surface area contributed by atoms with Gasteiger partial charge in [-0.05, 0) is 44.0 Å². The summed E-state index contributed by atoms with van der Waals surface area (Å²) in [6, 6.07) is 4.70. The maximum absolute atomic E-state index is 12.5. The van der Waals surface area contributed by atoms with Gasteiger partial charge in [0.15, 0.2) is 12.4 Å². The SMILES string of the molecule is CCOC(=O)c1c(C)oc2nc(COC(=O)c3ccc4c(c3)CCN4S(C)(=O)=O)nc(N)c12. The minimum absolute atomic E-state index is 0.00403. The highest BCUT2D eigenvalue weighted by molar-refractivity contribution is 7.92. The van der Waals surface area contributed by atoms with Crippen LogP contribution in [0.1, 0.15) is 44.8 Å². The molecule has 0 radical (unpaired) electrons. The highest BCUT2D eigenvalue weighted by Gasteiger charge is 2.27. The van der Waals surface area contributed by atoms with Gasteiger partial charge < -0.3 is 19.6 Å². The number of esters is 2. The maximum atomic E-state index is 12.5. The van der Waals surface area contributed by atoms with Crippen LogP contribution >= 0.6 is 0 Å². The van der Waals surface area contributed by atoms with Crippen molar-refractivity contribution < 1.29 is 31.9 Å². The van der Waals surface area contributed by atoms with Crippen molar-refractivity contribution in [1.29, 1.82) is 0 Å². The zero-order chi connectivity index (χ0) is 23.9. The summed E-state index contributed by atoms with van der Waals surface area (Å²) in [5.74, 6) is -0.818. The van der Waals surface area contributed by atoms with Crippen LogP contribution in [0, 0.1) is 6.92 Å². The molecule has 0 bridgehead atoms. The molecule has 0 spiro atoms. The number of furan rings is 1. The number of nitrogen functional groups attached to an aromatic ring is 1. The molecule has 12 heteroatoms. The quantitative estimate of drug-likeness (QED) is 0.524. The summed E-state index contributed by atoms with van der Waals surface area (Å²) >= 11 is 0. The van der Waals surface area contributed by atoms with Crippen molar-refractivity contribution in [3.63, 3.8) is 0 Å². The number of carbonyl (C=O) groups excluding carboxylic acids is 2. The molecule has 0 aliphatic carbocycles. The molecular weight excluding hydrogens is 452 g/mol. The number of sulfonamides is 1. The van der Waals surface area contributed by atoms with Gasteiger partial charge in [-0.1, -0.05) is 0 Å². The molecule has 0 amide bonds. The molecular formula is C21H22N4O7S. The molecule has 0 unspecified atom stereocenters. The molecule has 0 atom stereocenters. The first-order chi connectivity index (χ1) is 15.6. The van der Waals surface area contributed by atoms with E-state index in [-0.39, 0.29) is 47.1 Å². The summed E-state index contributed by atoms with van der Waals surface area (Å²) in [6.45, 7) is 3.52. The number of fused-ring (bicyclic) bond motifs is 2. The number of aromatic nitrogens is 2. The highest BCUT2D eigenvalue weighted by atomic mass is 32.2. The Morgan fingerprint density at radius 1 is 1.21 bits per heavy atom. The summed E-state index contributed by atoms with van der Waals surface area (Å²) in [4.78, 5) is 33.1. The second-order valence-electron chi connectivity index (χ2n) is 7.46. The molecule has 1 aliphatic rings. The van der Waals surface area contributed by atoms with Gasteiger partial charge in [0.05, 0.1) is 29.5 Å². The normalized spacial score (nSPS) is 13.2. The summed E-state index contributed by atoms with van der Waals surface area (Å²) in [5, 5.41) is 0.245. The lowest BCUT2D eigenvalue weighted by atomic mass is 10.1. The van der Waals surface area contributed by atoms with Crippen LogP contribution in [0.25, 0.3) is 11.1 Å². The summed E-state index contributed by atoms with van der Waals surface area (Å²) < 4.78 is 40.9. The predicted molar refractivity (Wildman–Crippen MR) is 118 cm³/mol. The average molecular weight is 474 g/mol. The Morgan fingerprint density at radius 2 is 1.97 bits per heavy atom. The van der Waals surface area contributed by atoms with Crippen LogP contribution in [0.15, 0.2) is 22.6 Å². The van der Waals surface area contributed by atoms with Gasteiger partial charge in [0, 0.05) is 6.54 Å². The lowest BCUT2D eigenvalue weighted by Gasteiger charge is -2.16. The Balaban J connectivity index is 1.52. The van der Waals surface area contributed by atoms with E-state index in [2.05, 4.69) is 9.97 Å². The van der Waals surface area contributed by atoms with Crippen molar-refractivity contribution in [2.45, 2.75) is 26.9 Å². The smallest absolute Gasteiger partial charge is 0.342 e. The lowest BCUT2D eigenvalue weighted by Crippen LogP contribution is -2.27. The minimum Gasteiger partial charge on any atom is -0.462 e. The maximum Gasteiger partial charge on any atom is 0.342 e. The molecule has 1 aromatic carbocycles. The number of hydrogen-bond donors (Lipinski definition) is 1. The van der Waals surface area contributed by atoms with Crippen LogP contribution in [-0.4, -0.2) is 49.7 Å². The Morgan fingerprint density at radius 3 is 2.67 bits per heavy atom. The van der Waals surface area contributed by atoms with E-state index in [0.29, 0.717) is 24.4 Å². The van der Waals surface area contributed by atoms with E-state index >= 15 is 0 Å². The third kappa shape index (κ3) is 4.21. The molecule has 2 N–H and O–H groups in total. The molecule has 11 nitrogen and oxygen atoms in total. The molecule has 3 heterocycles. The number of hydrogen-bond acceptors (Lipinski definition) is 10. The number of nitrogens with two attached hydrogens (primary N) is 1. The molecule has 174 valence electrons. The molecule has 3 aromatic rings. The van der Waals surface area contributed by atoms with Crippen LogP contribution in [-0.2, 0) is 32.5 Å². The van der Waals surface area contributed by atoms with Crippen molar-refractivity contribution in [2.24, 2.45) is 0 Å². The van der Waals surface area contributed by atoms with Crippen molar-refractivity contribution in [3.8, 4) is 0 Å². The summed E-state index contributed by atoms with van der Waals surface area (Å²) in [5.41, 5.74) is 7.85. The van der Waals surface area contributed by atoms with Crippen molar-refractivity contribution >= 4 is 44.6 Å². The molecule has 33 heavy (non-hydrogen) atoms. The van der Waals surface area contributed by atoms with E-state index in [9.17, 15) is 18.0 Å². The fraction of sp³-hybridized carbons (Fsp3) is 0.333. The van der Waals surface area contributed by atoms with Gasteiger partial charge in [-0.15, -0.1) is 0 Å². The van der Waals surface area contributed by atoms with Crippen LogP contribution in [0.5, 0.6) is 0 Å². The molecule has 1 aliphatic heterocycles. The zero-order valence-electron chi connectivity index (χ0n) is 18.2. The fourth-order valence-electron chi connectivity index (χ4n) is 3.75. The van der Waals surface area contributed by atoms with E-state index in [1.165, 1.54) is 10.4 Å². The highest BCUT2D eigenvalue weighted by Crippen LogP contribution is 2.31. The second kappa shape index (κ2) is 8.35. The van der Waals surface area contributed by atoms with Gasteiger partial charge in [-0.2, -0.15) is 4.98 Å². The summed E-state index contributed by atoms with van der Waals surface area (Å²) in [6.07, 6.45) is 1.64. The minimum atomic E-state index is -3.38. The van der Waals surface area contributed by atoms with Gasteiger partial charge in [0.2, 0.25) is 15.7 Å². The van der Waals surface area contributed by atoms with Crippen molar-refractivity contribution in [2.75, 3.05) is 29.4 Å². The van der Waals surface area contributed by atoms with Crippen LogP contribution in [0.4, 0.5) is 11.5 Å². The Hall–Kier alpha value is -3.67. The first-order valence-corrected chi connectivity index (χ1v) is 11.9. The number of aryl methyl sites for hydroxylation is 1. The number of rotatable bonds is 6.